The fourth-order valence-corrected chi connectivity index (χ4v) is 10.3. The molecule has 4 rings (SSSR count). The number of thioether (sulfide) groups is 2. The molecule has 0 radical (unpaired) electrons. The van der Waals surface area contributed by atoms with E-state index < -0.39 is 15.4 Å². The molecule has 0 bridgehead atoms. The molecule has 0 aliphatic heterocycles. The first-order valence-electron chi connectivity index (χ1n) is 16.8. The summed E-state index contributed by atoms with van der Waals surface area (Å²) in [5, 5.41) is 0.594. The maximum atomic E-state index is 12.3. The summed E-state index contributed by atoms with van der Waals surface area (Å²) in [6.07, 6.45) is 1.77. The van der Waals surface area contributed by atoms with E-state index in [1.54, 1.807) is 11.8 Å². The second-order valence-corrected chi connectivity index (χ2v) is 16.8. The molecule has 0 unspecified atom stereocenters. The summed E-state index contributed by atoms with van der Waals surface area (Å²) in [7, 11) is -5.64. The normalized spacial score (nSPS) is 11.0. The van der Waals surface area contributed by atoms with Gasteiger partial charge in [-0.05, 0) is 137 Å². The SMILES string of the molecule is CCCSc1c(OCC)c(Oc2ccc(Sc3ccc(Oc4c(C)c(C)c(P(=O)=O)c(SCCC)c4OCC)cc3)cc2)c(C)c(C)c1P(=O)=O. The predicted octanol–water partition coefficient (Wildman–Crippen LogP) is 12.1. The lowest BCUT2D eigenvalue weighted by atomic mass is 10.1. The van der Waals surface area contributed by atoms with Gasteiger partial charge in [-0.15, -0.1) is 23.5 Å². The van der Waals surface area contributed by atoms with Gasteiger partial charge in [-0.25, -0.2) is 18.3 Å². The molecule has 13 heteroatoms. The van der Waals surface area contributed by atoms with E-state index in [0.717, 1.165) is 45.3 Å². The first-order valence-corrected chi connectivity index (χ1v) is 22.0. The molecule has 51 heavy (non-hydrogen) atoms. The molecule has 0 aliphatic carbocycles. The molecule has 0 amide bonds. The maximum Gasteiger partial charge on any atom is 0.350 e. The molecule has 0 spiro atoms. The molecule has 0 saturated carbocycles. The topological polar surface area (TPSA) is 105 Å². The predicted molar refractivity (Wildman–Crippen MR) is 209 cm³/mol. The second-order valence-electron chi connectivity index (χ2n) is 11.5. The van der Waals surface area contributed by atoms with Crippen LogP contribution in [0.2, 0.25) is 0 Å². The molecule has 4 aromatic rings. The van der Waals surface area contributed by atoms with Crippen LogP contribution in [0.25, 0.3) is 0 Å². The van der Waals surface area contributed by atoms with Crippen molar-refractivity contribution in [3.63, 3.8) is 0 Å². The van der Waals surface area contributed by atoms with Gasteiger partial charge in [0.2, 0.25) is 0 Å². The van der Waals surface area contributed by atoms with E-state index >= 15 is 0 Å². The largest absolute Gasteiger partial charge is 0.489 e. The van der Waals surface area contributed by atoms with Crippen LogP contribution < -0.4 is 29.6 Å². The lowest BCUT2D eigenvalue weighted by molar-refractivity contribution is 0.313. The average molecular weight is 787 g/mol. The Labute approximate surface area is 314 Å². The van der Waals surface area contributed by atoms with Gasteiger partial charge in [0.25, 0.3) is 0 Å². The Balaban J connectivity index is 1.57. The molecular weight excluding hydrogens is 743 g/mol. The average Bonchev–Trinajstić information content (AvgIpc) is 3.10. The summed E-state index contributed by atoms with van der Waals surface area (Å²) in [4.78, 5) is 3.19. The minimum absolute atomic E-state index is 0.297. The molecule has 0 fully saturated rings. The fourth-order valence-electron chi connectivity index (χ4n) is 5.23. The van der Waals surface area contributed by atoms with Gasteiger partial charge in [-0.3, -0.25) is 0 Å². The van der Waals surface area contributed by atoms with Crippen molar-refractivity contribution < 1.29 is 37.2 Å². The van der Waals surface area contributed by atoms with E-state index in [-0.39, 0.29) is 0 Å². The zero-order chi connectivity index (χ0) is 37.2. The second kappa shape index (κ2) is 19.1. The molecule has 0 heterocycles. The van der Waals surface area contributed by atoms with Gasteiger partial charge in [0.05, 0.1) is 33.6 Å². The van der Waals surface area contributed by atoms with Crippen LogP contribution in [0, 0.1) is 27.7 Å². The number of hydrogen-bond acceptors (Lipinski definition) is 11. The van der Waals surface area contributed by atoms with Crippen molar-refractivity contribution in [2.45, 2.75) is 87.8 Å². The Morgan fingerprint density at radius 2 is 0.863 bits per heavy atom. The molecule has 0 saturated heterocycles. The number of hydrogen-bond donors (Lipinski definition) is 0. The van der Waals surface area contributed by atoms with Gasteiger partial charge in [-0.2, -0.15) is 0 Å². The first kappa shape index (κ1) is 40.7. The Bertz CT molecular complexity index is 1830. The van der Waals surface area contributed by atoms with E-state index in [2.05, 4.69) is 13.8 Å². The van der Waals surface area contributed by atoms with Crippen molar-refractivity contribution in [1.29, 1.82) is 0 Å². The van der Waals surface area contributed by atoms with Crippen molar-refractivity contribution >= 4 is 61.3 Å². The molecule has 4 aromatic carbocycles. The summed E-state index contributed by atoms with van der Waals surface area (Å²) in [5.41, 5.74) is 2.77. The quantitative estimate of drug-likeness (QED) is 0.0711. The highest BCUT2D eigenvalue weighted by molar-refractivity contribution is 8.00. The molecule has 8 nitrogen and oxygen atoms in total. The Hall–Kier alpha value is -3.07. The molecule has 0 N–H and O–H groups in total. The standard InChI is InChI=1S/C38H44O8P2S3/c1-9-21-49-37-33(43-11-3)31(23(5)25(7)35(37)47(39)40)45-27-13-17-29(18-14-27)51-30-19-15-28(16-20-30)46-32-24(6)26(8)36(48(41)42)38(50-22-10-2)34(32)44-12-4/h13-20H,9-12,21-22H2,1-8H3. The van der Waals surface area contributed by atoms with Gasteiger partial charge < -0.3 is 18.9 Å². The van der Waals surface area contributed by atoms with Crippen molar-refractivity contribution in [2.24, 2.45) is 0 Å². The van der Waals surface area contributed by atoms with E-state index in [1.165, 1.54) is 23.5 Å². The van der Waals surface area contributed by atoms with Crippen LogP contribution in [0.3, 0.4) is 0 Å². The molecule has 0 aliphatic rings. The van der Waals surface area contributed by atoms with Crippen molar-refractivity contribution in [1.82, 2.24) is 0 Å². The van der Waals surface area contributed by atoms with E-state index in [4.69, 9.17) is 18.9 Å². The highest BCUT2D eigenvalue weighted by Crippen LogP contribution is 2.47. The van der Waals surface area contributed by atoms with Gasteiger partial charge in [0, 0.05) is 9.79 Å². The Kier molecular flexibility index (Phi) is 15.3. The molecular formula is C38H44O8P2S3. The lowest BCUT2D eigenvalue weighted by Gasteiger charge is -2.21. The minimum atomic E-state index is -2.82. The molecule has 0 atom stereocenters. The van der Waals surface area contributed by atoms with Gasteiger partial charge >= 0.3 is 15.4 Å². The smallest absolute Gasteiger partial charge is 0.350 e. The third-order valence-electron chi connectivity index (χ3n) is 7.94. The fraction of sp³-hybridized carbons (Fsp3) is 0.368. The summed E-state index contributed by atoms with van der Waals surface area (Å²) >= 11 is 4.53. The van der Waals surface area contributed by atoms with Crippen LogP contribution in [0.1, 0.15) is 62.8 Å². The van der Waals surface area contributed by atoms with Gasteiger partial charge in [0.1, 0.15) is 11.5 Å². The minimum Gasteiger partial charge on any atom is -0.489 e. The third kappa shape index (κ3) is 9.68. The van der Waals surface area contributed by atoms with Crippen LogP contribution in [-0.2, 0) is 18.3 Å². The summed E-state index contributed by atoms with van der Waals surface area (Å²) < 4.78 is 74.1. The van der Waals surface area contributed by atoms with Crippen molar-refractivity contribution in [3.05, 3.63) is 70.8 Å². The number of rotatable bonds is 18. The first-order chi connectivity index (χ1) is 24.5. The summed E-state index contributed by atoms with van der Waals surface area (Å²) in [5.74, 6) is 4.69. The van der Waals surface area contributed by atoms with E-state index in [1.807, 2.05) is 90.1 Å². The highest BCUT2D eigenvalue weighted by Gasteiger charge is 2.27. The zero-order valence-corrected chi connectivity index (χ0v) is 34.5. The number of benzene rings is 4. The molecule has 272 valence electrons. The molecule has 0 aromatic heterocycles. The Morgan fingerprint density at radius 3 is 1.16 bits per heavy atom. The third-order valence-corrected chi connectivity index (χ3v) is 13.7. The van der Waals surface area contributed by atoms with Crippen LogP contribution in [-0.4, -0.2) is 24.7 Å². The van der Waals surface area contributed by atoms with Crippen LogP contribution in [0.5, 0.6) is 34.5 Å². The maximum absolute atomic E-state index is 12.3. The van der Waals surface area contributed by atoms with Gasteiger partial charge in [-0.1, -0.05) is 25.6 Å². The Morgan fingerprint density at radius 1 is 0.510 bits per heavy atom. The van der Waals surface area contributed by atoms with Crippen LogP contribution in [0.4, 0.5) is 0 Å². The highest BCUT2D eigenvalue weighted by atomic mass is 32.2. The van der Waals surface area contributed by atoms with Crippen molar-refractivity contribution in [2.75, 3.05) is 24.7 Å². The summed E-state index contributed by atoms with van der Waals surface area (Å²) in [6.45, 7) is 15.9. The lowest BCUT2D eigenvalue weighted by Crippen LogP contribution is -2.12. The van der Waals surface area contributed by atoms with E-state index in [9.17, 15) is 18.3 Å². The number of ether oxygens (including phenoxy) is 4. The van der Waals surface area contributed by atoms with Gasteiger partial charge in [0.15, 0.2) is 23.0 Å². The zero-order valence-electron chi connectivity index (χ0n) is 30.2. The van der Waals surface area contributed by atoms with Crippen molar-refractivity contribution in [3.8, 4) is 34.5 Å². The van der Waals surface area contributed by atoms with Crippen LogP contribution >= 0.6 is 50.6 Å². The summed E-state index contributed by atoms with van der Waals surface area (Å²) in [6, 6.07) is 15.4. The van der Waals surface area contributed by atoms with Crippen LogP contribution in [0.15, 0.2) is 68.1 Å². The monoisotopic (exact) mass is 786 g/mol. The van der Waals surface area contributed by atoms with E-state index in [0.29, 0.717) is 79.2 Å².